The molecule has 0 unspecified atom stereocenters. The van der Waals surface area contributed by atoms with Gasteiger partial charge in [0.2, 0.25) is 0 Å². The maximum absolute atomic E-state index is 13.4. The number of amides is 1. The fourth-order valence-electron chi connectivity index (χ4n) is 4.82. The highest BCUT2D eigenvalue weighted by molar-refractivity contribution is 7.20. The first kappa shape index (κ1) is 25.1. The van der Waals surface area contributed by atoms with Crippen LogP contribution in [0, 0.1) is 6.92 Å². The van der Waals surface area contributed by atoms with Gasteiger partial charge in [-0.3, -0.25) is 9.78 Å². The number of hydrogen-bond donors (Lipinski definition) is 1. The Kier molecular flexibility index (Phi) is 6.37. The summed E-state index contributed by atoms with van der Waals surface area (Å²) in [4.78, 5) is 34.7. The quantitative estimate of drug-likeness (QED) is 0.345. The molecule has 0 saturated carbocycles. The molecule has 1 aliphatic rings. The Morgan fingerprint density at radius 2 is 2.03 bits per heavy atom. The molecule has 1 amide bonds. The third kappa shape index (κ3) is 4.53. The highest BCUT2D eigenvalue weighted by Crippen LogP contribution is 2.46. The number of aryl methyl sites for hydroxylation is 1. The summed E-state index contributed by atoms with van der Waals surface area (Å²) in [5.41, 5.74) is 10.4. The van der Waals surface area contributed by atoms with Gasteiger partial charge >= 0.3 is 5.97 Å². The summed E-state index contributed by atoms with van der Waals surface area (Å²) < 4.78 is 18.5. The van der Waals surface area contributed by atoms with E-state index in [1.165, 1.54) is 11.3 Å². The van der Waals surface area contributed by atoms with Crippen molar-refractivity contribution >= 4 is 44.3 Å². The molecule has 2 aromatic heterocycles. The number of carbonyl (C=O) groups excluding carboxylic acids is 2. The Bertz CT molecular complexity index is 1540. The highest BCUT2D eigenvalue weighted by Gasteiger charge is 2.34. The second-order valence-corrected chi connectivity index (χ2v) is 11.0. The molecular weight excluding hydrogens is 490 g/mol. The van der Waals surface area contributed by atoms with Crippen molar-refractivity contribution in [1.29, 1.82) is 0 Å². The van der Waals surface area contributed by atoms with Gasteiger partial charge < -0.3 is 19.9 Å². The average Bonchev–Trinajstić information content (AvgIpc) is 3.26. The molecule has 0 fully saturated rings. The van der Waals surface area contributed by atoms with Gasteiger partial charge in [-0.15, -0.1) is 11.3 Å². The van der Waals surface area contributed by atoms with Gasteiger partial charge in [-0.05, 0) is 70.0 Å². The van der Waals surface area contributed by atoms with Gasteiger partial charge in [0.05, 0.1) is 34.5 Å². The molecule has 0 spiro atoms. The van der Waals surface area contributed by atoms with Crippen molar-refractivity contribution in [1.82, 2.24) is 9.97 Å². The molecule has 9 heteroatoms. The Morgan fingerprint density at radius 3 is 2.73 bits per heavy atom. The molecule has 1 atom stereocenters. The summed E-state index contributed by atoms with van der Waals surface area (Å²) in [6.45, 7) is 10.2. The minimum atomic E-state index is -1.01. The summed E-state index contributed by atoms with van der Waals surface area (Å²) >= 11 is 1.19. The molecule has 0 saturated heterocycles. The molecule has 1 aliphatic heterocycles. The van der Waals surface area contributed by atoms with Gasteiger partial charge in [0, 0.05) is 34.7 Å². The normalized spacial score (nSPS) is 14.0. The van der Waals surface area contributed by atoms with Crippen molar-refractivity contribution in [3.05, 3.63) is 52.2 Å². The molecule has 8 nitrogen and oxygen atoms in total. The van der Waals surface area contributed by atoms with Gasteiger partial charge in [-0.1, -0.05) is 0 Å². The van der Waals surface area contributed by atoms with Crippen molar-refractivity contribution in [2.75, 3.05) is 13.2 Å². The lowest BCUT2D eigenvalue weighted by Crippen LogP contribution is -2.29. The van der Waals surface area contributed by atoms with Gasteiger partial charge in [0.15, 0.2) is 11.1 Å². The number of esters is 1. The third-order valence-electron chi connectivity index (χ3n) is 6.21. The van der Waals surface area contributed by atoms with Gasteiger partial charge in [0.1, 0.15) is 5.75 Å². The summed E-state index contributed by atoms with van der Waals surface area (Å²) in [5.74, 6) is -0.323. The molecular formula is C28H29N3O5S. The van der Waals surface area contributed by atoms with Crippen molar-refractivity contribution in [3.63, 3.8) is 0 Å². The lowest BCUT2D eigenvalue weighted by molar-refractivity contribution is -0.166. The predicted octanol–water partition coefficient (Wildman–Crippen LogP) is 5.27. The zero-order chi connectivity index (χ0) is 26.5. The molecule has 3 heterocycles. The fraction of sp³-hybridized carbons (Fsp3) is 0.357. The monoisotopic (exact) mass is 519 g/mol. The van der Waals surface area contributed by atoms with Gasteiger partial charge in [0.25, 0.3) is 5.91 Å². The van der Waals surface area contributed by atoms with E-state index in [0.717, 1.165) is 50.0 Å². The summed E-state index contributed by atoms with van der Waals surface area (Å²) in [7, 11) is 0. The minimum Gasteiger partial charge on any atom is -0.493 e. The van der Waals surface area contributed by atoms with Crippen molar-refractivity contribution < 1.29 is 23.8 Å². The van der Waals surface area contributed by atoms with Crippen LogP contribution in [0.25, 0.3) is 32.2 Å². The van der Waals surface area contributed by atoms with E-state index in [1.54, 1.807) is 13.1 Å². The molecule has 2 N–H and O–H groups in total. The van der Waals surface area contributed by atoms with E-state index in [0.29, 0.717) is 17.7 Å². The van der Waals surface area contributed by atoms with Crippen LogP contribution < -0.4 is 10.5 Å². The highest BCUT2D eigenvalue weighted by atomic mass is 32.1. The second-order valence-electron chi connectivity index (χ2n) is 9.98. The van der Waals surface area contributed by atoms with E-state index in [2.05, 4.69) is 4.98 Å². The van der Waals surface area contributed by atoms with Crippen LogP contribution in [0.3, 0.4) is 0 Å². The number of carbonyl (C=O) groups is 2. The van der Waals surface area contributed by atoms with E-state index < -0.39 is 23.6 Å². The molecule has 2 aromatic carbocycles. The number of nitrogens with zero attached hydrogens (tertiary/aromatic N) is 2. The standard InChI is InChI=1S/C28H29N3O5S/c1-6-34-27(33)23(36-28(3,4)5)19-14(2)13-17-24(37-26(31-17)25(29)32)21(19)16-7-8-18-20-15(10-12-35-18)9-11-30-22(16)20/h7-9,11,13,23H,6,10,12H2,1-5H3,(H2,29,32)/t23-/m0/s1. The Hall–Kier alpha value is -3.56. The number of benzene rings is 2. The summed E-state index contributed by atoms with van der Waals surface area (Å²) in [6, 6.07) is 7.74. The van der Waals surface area contributed by atoms with E-state index in [9.17, 15) is 9.59 Å². The average molecular weight is 520 g/mol. The number of primary amides is 1. The minimum absolute atomic E-state index is 0.191. The number of nitrogens with two attached hydrogens (primary N) is 1. The number of fused-ring (bicyclic) bond motifs is 1. The zero-order valence-electron chi connectivity index (χ0n) is 21.5. The number of rotatable bonds is 6. The van der Waals surface area contributed by atoms with Crippen LogP contribution >= 0.6 is 11.3 Å². The van der Waals surface area contributed by atoms with Gasteiger partial charge in [-0.2, -0.15) is 0 Å². The Labute approximate surface area is 218 Å². The lowest BCUT2D eigenvalue weighted by Gasteiger charge is -2.29. The molecule has 5 rings (SSSR count). The maximum Gasteiger partial charge on any atom is 0.339 e. The summed E-state index contributed by atoms with van der Waals surface area (Å²) in [5, 5.41) is 1.13. The van der Waals surface area contributed by atoms with E-state index in [1.807, 2.05) is 52.0 Å². The SMILES string of the molecule is CCOC(=O)[C@@H](OC(C)(C)C)c1c(C)cc2nc(C(N)=O)sc2c1-c1ccc2c3c(ccnc13)CCO2. The predicted molar refractivity (Wildman–Crippen MR) is 143 cm³/mol. The molecule has 0 radical (unpaired) electrons. The number of aromatic nitrogens is 2. The molecule has 192 valence electrons. The first-order valence-corrected chi connectivity index (χ1v) is 13.0. The number of hydrogen-bond acceptors (Lipinski definition) is 8. The smallest absolute Gasteiger partial charge is 0.339 e. The van der Waals surface area contributed by atoms with Crippen LogP contribution in [-0.2, 0) is 20.7 Å². The van der Waals surface area contributed by atoms with Crippen molar-refractivity contribution in [3.8, 4) is 16.9 Å². The molecule has 0 bridgehead atoms. The lowest BCUT2D eigenvalue weighted by atomic mass is 9.89. The van der Waals surface area contributed by atoms with Crippen LogP contribution in [0.4, 0.5) is 0 Å². The van der Waals surface area contributed by atoms with Crippen LogP contribution in [0.5, 0.6) is 5.75 Å². The van der Waals surface area contributed by atoms with Crippen LogP contribution in [-0.4, -0.2) is 40.7 Å². The largest absolute Gasteiger partial charge is 0.493 e. The molecule has 4 aromatic rings. The van der Waals surface area contributed by atoms with E-state index in [4.69, 9.17) is 24.9 Å². The van der Waals surface area contributed by atoms with Crippen molar-refractivity contribution in [2.24, 2.45) is 5.73 Å². The van der Waals surface area contributed by atoms with E-state index in [-0.39, 0.29) is 11.6 Å². The Balaban J connectivity index is 1.90. The maximum atomic E-state index is 13.4. The first-order valence-electron chi connectivity index (χ1n) is 12.2. The Morgan fingerprint density at radius 1 is 1.24 bits per heavy atom. The number of ether oxygens (including phenoxy) is 3. The van der Waals surface area contributed by atoms with E-state index >= 15 is 0 Å². The van der Waals surface area contributed by atoms with Crippen molar-refractivity contribution in [2.45, 2.75) is 52.7 Å². The van der Waals surface area contributed by atoms with Crippen LogP contribution in [0.15, 0.2) is 30.5 Å². The van der Waals surface area contributed by atoms with Gasteiger partial charge in [-0.25, -0.2) is 9.78 Å². The summed E-state index contributed by atoms with van der Waals surface area (Å²) in [6.07, 6.45) is 1.55. The third-order valence-corrected chi connectivity index (χ3v) is 7.31. The second kappa shape index (κ2) is 9.39. The zero-order valence-corrected chi connectivity index (χ0v) is 22.3. The topological polar surface area (TPSA) is 114 Å². The van der Waals surface area contributed by atoms with Crippen LogP contribution in [0.2, 0.25) is 0 Å². The molecule has 37 heavy (non-hydrogen) atoms. The van der Waals surface area contributed by atoms with Crippen LogP contribution in [0.1, 0.15) is 60.3 Å². The first-order chi connectivity index (χ1) is 17.6. The molecule has 0 aliphatic carbocycles. The number of thiazole rings is 1. The number of pyridine rings is 1. The fourth-order valence-corrected chi connectivity index (χ4v) is 5.79.